The van der Waals surface area contributed by atoms with Gasteiger partial charge in [0, 0.05) is 55.4 Å². The quantitative estimate of drug-likeness (QED) is 0.359. The highest BCUT2D eigenvalue weighted by atomic mass is 32.1. The number of hydrogen-bond acceptors (Lipinski definition) is 6. The standard InChI is InChI=1S/C29H43N5O4S/c1-19(2)31-27(35)24-15-20(3)26(21(4)16-24)28(36)30-11-7-22(5)33-12-8-25(9-13-33)34(29(37)32-38-6)17-23-10-14-39-18-23/h10,14-16,18-19,22,25H,7-9,11-13,17H2,1-6H3,(H,30,36)(H,31,35)(H,32,37). The van der Waals surface area contributed by atoms with Gasteiger partial charge in [0.05, 0.1) is 7.11 Å². The number of nitrogens with one attached hydrogen (secondary N) is 3. The minimum atomic E-state index is -0.211. The third-order valence-corrected chi connectivity index (χ3v) is 7.97. The Morgan fingerprint density at radius 1 is 1.10 bits per heavy atom. The summed E-state index contributed by atoms with van der Waals surface area (Å²) in [7, 11) is 1.45. The minimum Gasteiger partial charge on any atom is -0.352 e. The van der Waals surface area contributed by atoms with Crippen LogP contribution in [0.4, 0.5) is 4.79 Å². The van der Waals surface area contributed by atoms with Crippen LogP contribution in [0.5, 0.6) is 0 Å². The van der Waals surface area contributed by atoms with Gasteiger partial charge in [-0.2, -0.15) is 11.3 Å². The zero-order valence-corrected chi connectivity index (χ0v) is 24.8. The van der Waals surface area contributed by atoms with Crippen LogP contribution < -0.4 is 16.1 Å². The van der Waals surface area contributed by atoms with Crippen molar-refractivity contribution in [3.8, 4) is 0 Å². The van der Waals surface area contributed by atoms with E-state index in [-0.39, 0.29) is 29.9 Å². The van der Waals surface area contributed by atoms with Crippen LogP contribution in [0.15, 0.2) is 29.0 Å². The monoisotopic (exact) mass is 557 g/mol. The van der Waals surface area contributed by atoms with Crippen molar-refractivity contribution in [3.63, 3.8) is 0 Å². The Labute approximate surface area is 236 Å². The van der Waals surface area contributed by atoms with Crippen molar-refractivity contribution >= 4 is 29.2 Å². The number of hydrogen-bond donors (Lipinski definition) is 3. The third-order valence-electron chi connectivity index (χ3n) is 7.24. The molecule has 0 bridgehead atoms. The molecule has 0 spiro atoms. The first-order chi connectivity index (χ1) is 18.6. The van der Waals surface area contributed by atoms with Gasteiger partial charge in [-0.1, -0.05) is 0 Å². The number of likely N-dealkylation sites (tertiary alicyclic amines) is 1. The summed E-state index contributed by atoms with van der Waals surface area (Å²) >= 11 is 1.63. The number of rotatable bonds is 11. The number of amides is 4. The molecule has 10 heteroatoms. The predicted octanol–water partition coefficient (Wildman–Crippen LogP) is 4.25. The normalized spacial score (nSPS) is 15.2. The van der Waals surface area contributed by atoms with E-state index in [0.717, 1.165) is 49.0 Å². The van der Waals surface area contributed by atoms with Crippen LogP contribution in [0.1, 0.15) is 77.4 Å². The molecule has 0 aliphatic carbocycles. The number of piperidine rings is 1. The van der Waals surface area contributed by atoms with Crippen LogP contribution in [0.25, 0.3) is 0 Å². The molecule has 3 rings (SSSR count). The second kappa shape index (κ2) is 14.4. The Bertz CT molecular complexity index is 1090. The first-order valence-corrected chi connectivity index (χ1v) is 14.6. The Morgan fingerprint density at radius 3 is 2.33 bits per heavy atom. The van der Waals surface area contributed by atoms with E-state index in [1.165, 1.54) is 7.11 Å². The van der Waals surface area contributed by atoms with Gasteiger partial charge in [-0.25, -0.2) is 10.3 Å². The molecule has 1 aromatic carbocycles. The third kappa shape index (κ3) is 8.52. The van der Waals surface area contributed by atoms with Crippen LogP contribution in [0.3, 0.4) is 0 Å². The van der Waals surface area contributed by atoms with Crippen molar-refractivity contribution in [2.75, 3.05) is 26.7 Å². The topological polar surface area (TPSA) is 103 Å². The van der Waals surface area contributed by atoms with Gasteiger partial charge in [0.2, 0.25) is 0 Å². The summed E-state index contributed by atoms with van der Waals surface area (Å²) in [6, 6.07) is 5.88. The van der Waals surface area contributed by atoms with Crippen molar-refractivity contribution in [1.29, 1.82) is 0 Å². The molecule has 2 aromatic rings. The molecule has 1 aliphatic rings. The Kier molecular flexibility index (Phi) is 11.3. The molecule has 1 saturated heterocycles. The number of hydroxylamine groups is 1. The molecular weight excluding hydrogens is 514 g/mol. The van der Waals surface area contributed by atoms with Gasteiger partial charge in [-0.3, -0.25) is 14.4 Å². The maximum atomic E-state index is 13.0. The first-order valence-electron chi connectivity index (χ1n) is 13.7. The molecule has 0 radical (unpaired) electrons. The zero-order chi connectivity index (χ0) is 28.5. The van der Waals surface area contributed by atoms with E-state index in [9.17, 15) is 14.4 Å². The second-order valence-electron chi connectivity index (χ2n) is 10.6. The predicted molar refractivity (Wildman–Crippen MR) is 155 cm³/mol. The molecule has 9 nitrogen and oxygen atoms in total. The molecule has 39 heavy (non-hydrogen) atoms. The van der Waals surface area contributed by atoms with Crippen LogP contribution >= 0.6 is 11.3 Å². The minimum absolute atomic E-state index is 0.0501. The Morgan fingerprint density at radius 2 is 1.77 bits per heavy atom. The molecule has 214 valence electrons. The van der Waals surface area contributed by atoms with Crippen molar-refractivity contribution < 1.29 is 19.2 Å². The molecule has 1 atom stereocenters. The van der Waals surface area contributed by atoms with Crippen LogP contribution in [0.2, 0.25) is 0 Å². The fourth-order valence-electron chi connectivity index (χ4n) is 5.19. The van der Waals surface area contributed by atoms with E-state index in [1.807, 2.05) is 44.0 Å². The van der Waals surface area contributed by atoms with Gasteiger partial charge in [-0.15, -0.1) is 0 Å². The number of carbonyl (C=O) groups is 3. The van der Waals surface area contributed by atoms with Crippen molar-refractivity contribution in [1.82, 2.24) is 25.9 Å². The summed E-state index contributed by atoms with van der Waals surface area (Å²) in [5.41, 5.74) is 6.39. The van der Waals surface area contributed by atoms with E-state index in [1.54, 1.807) is 23.5 Å². The number of nitrogens with zero attached hydrogens (tertiary/aromatic N) is 2. The number of benzene rings is 1. The fraction of sp³-hybridized carbons (Fsp3) is 0.552. The SMILES string of the molecule is CONC(=O)N(Cc1ccsc1)C1CCN(C(C)CCNC(=O)c2c(C)cc(C(=O)NC(C)C)cc2C)CC1. The smallest absolute Gasteiger partial charge is 0.341 e. The number of urea groups is 1. The molecular formula is C29H43N5O4S. The largest absolute Gasteiger partial charge is 0.352 e. The molecule has 1 aliphatic heterocycles. The summed E-state index contributed by atoms with van der Waals surface area (Å²) in [5, 5.41) is 10.1. The molecule has 1 aromatic heterocycles. The molecule has 2 heterocycles. The molecule has 3 N–H and O–H groups in total. The van der Waals surface area contributed by atoms with Gasteiger partial charge < -0.3 is 20.4 Å². The summed E-state index contributed by atoms with van der Waals surface area (Å²) in [5.74, 6) is -0.241. The maximum Gasteiger partial charge on any atom is 0.341 e. The fourth-order valence-corrected chi connectivity index (χ4v) is 5.85. The average Bonchev–Trinajstić information content (AvgIpc) is 3.40. The maximum absolute atomic E-state index is 13.0. The zero-order valence-electron chi connectivity index (χ0n) is 24.0. The Balaban J connectivity index is 1.50. The van der Waals surface area contributed by atoms with Crippen LogP contribution in [-0.2, 0) is 11.4 Å². The first kappa shape index (κ1) is 30.6. The van der Waals surface area contributed by atoms with Crippen molar-refractivity contribution in [3.05, 3.63) is 56.8 Å². The van der Waals surface area contributed by atoms with Gasteiger partial charge >= 0.3 is 6.03 Å². The molecule has 4 amide bonds. The lowest BCUT2D eigenvalue weighted by Gasteiger charge is -2.40. The van der Waals surface area contributed by atoms with Crippen molar-refractivity contribution in [2.45, 2.75) is 78.6 Å². The lowest BCUT2D eigenvalue weighted by atomic mass is 9.98. The van der Waals surface area contributed by atoms with Gasteiger partial charge in [0.25, 0.3) is 11.8 Å². The highest BCUT2D eigenvalue weighted by molar-refractivity contribution is 7.07. The average molecular weight is 558 g/mol. The summed E-state index contributed by atoms with van der Waals surface area (Å²) in [6.45, 7) is 12.7. The highest BCUT2D eigenvalue weighted by Gasteiger charge is 2.30. The van der Waals surface area contributed by atoms with E-state index in [0.29, 0.717) is 30.3 Å². The van der Waals surface area contributed by atoms with E-state index < -0.39 is 0 Å². The number of aryl methyl sites for hydroxylation is 2. The lowest BCUT2D eigenvalue weighted by molar-refractivity contribution is 0.0565. The molecule has 0 saturated carbocycles. The van der Waals surface area contributed by atoms with E-state index in [2.05, 4.69) is 33.3 Å². The lowest BCUT2D eigenvalue weighted by Crippen LogP contribution is -2.51. The molecule has 1 fully saturated rings. The highest BCUT2D eigenvalue weighted by Crippen LogP contribution is 2.22. The molecule has 1 unspecified atom stereocenters. The summed E-state index contributed by atoms with van der Waals surface area (Å²) in [6.07, 6.45) is 2.59. The summed E-state index contributed by atoms with van der Waals surface area (Å²) in [4.78, 5) is 47.2. The van der Waals surface area contributed by atoms with Crippen LogP contribution in [-0.4, -0.2) is 72.5 Å². The van der Waals surface area contributed by atoms with Gasteiger partial charge in [0.15, 0.2) is 0 Å². The van der Waals surface area contributed by atoms with E-state index in [4.69, 9.17) is 4.84 Å². The van der Waals surface area contributed by atoms with Gasteiger partial charge in [-0.05, 0) is 99.5 Å². The number of thiophene rings is 1. The van der Waals surface area contributed by atoms with Gasteiger partial charge in [0.1, 0.15) is 0 Å². The second-order valence-corrected chi connectivity index (χ2v) is 11.4. The number of carbonyl (C=O) groups excluding carboxylic acids is 3. The summed E-state index contributed by atoms with van der Waals surface area (Å²) < 4.78 is 0. The van der Waals surface area contributed by atoms with Crippen molar-refractivity contribution in [2.24, 2.45) is 0 Å². The van der Waals surface area contributed by atoms with E-state index >= 15 is 0 Å². The van der Waals surface area contributed by atoms with Crippen LogP contribution in [0, 0.1) is 13.8 Å². The Hall–Kier alpha value is -2.95.